The van der Waals surface area contributed by atoms with E-state index in [1.54, 1.807) is 0 Å². The van der Waals surface area contributed by atoms with Gasteiger partial charge in [0.1, 0.15) is 0 Å². The molecule has 6 aromatic carbocycles. The molecule has 2 spiro atoms. The number of hydrogen-bond acceptors (Lipinski definition) is 0. The third-order valence-corrected chi connectivity index (χ3v) is 15.2. The van der Waals surface area contributed by atoms with E-state index in [-0.39, 0.29) is 11.8 Å². The smallest absolute Gasteiger partial charge is 0.0804 e. The summed E-state index contributed by atoms with van der Waals surface area (Å²) in [7, 11) is 0. The van der Waals surface area contributed by atoms with Crippen LogP contribution in [0.4, 0.5) is 0 Å². The standard InChI is InChI=1S/C63H47N/c1-2-42-22-7-4-3-5-8-23-44(40-42)64-59-37-10-6-9-28-50(59)51-41-43(38-39-60(51)64)45-29-21-36-58-61(45)63(54-32-17-13-26-48(54)49-27-14-18-33-55(49)63)57-35-20-19-34-56(57)62(58)52-30-15-11-24-46(52)47-25-12-16-31-53(47)62/h4,7-17,19-32,34-41,46,52H,2-3,5-6H2,1H3/b7-4-,23-8+,42-22+,44-40+/t46?,52-,62?,63?/m0/s1. The molecule has 1 heteroatoms. The van der Waals surface area contributed by atoms with Gasteiger partial charge in [0.05, 0.1) is 22.0 Å². The molecule has 0 amide bonds. The van der Waals surface area contributed by atoms with Crippen molar-refractivity contribution >= 4 is 28.8 Å². The quantitative estimate of drug-likeness (QED) is 0.167. The van der Waals surface area contributed by atoms with Crippen molar-refractivity contribution in [3.63, 3.8) is 0 Å². The van der Waals surface area contributed by atoms with Crippen LogP contribution in [0.25, 0.3) is 51.0 Å². The first-order valence-corrected chi connectivity index (χ1v) is 23.2. The molecule has 0 fully saturated rings. The monoisotopic (exact) mass is 817 g/mol. The highest BCUT2D eigenvalue weighted by Gasteiger charge is 2.62. The number of aromatic nitrogens is 1. The first-order chi connectivity index (χ1) is 31.7. The Balaban J connectivity index is 1.15. The summed E-state index contributed by atoms with van der Waals surface area (Å²) >= 11 is 0. The minimum absolute atomic E-state index is 0.199. The summed E-state index contributed by atoms with van der Waals surface area (Å²) < 4.78 is 2.51. The van der Waals surface area contributed by atoms with E-state index >= 15 is 0 Å². The van der Waals surface area contributed by atoms with Crippen molar-refractivity contribution in [2.75, 3.05) is 0 Å². The summed E-state index contributed by atoms with van der Waals surface area (Å²) in [5, 5.41) is 1.26. The largest absolute Gasteiger partial charge is 0.309 e. The van der Waals surface area contributed by atoms with Crippen LogP contribution in [-0.2, 0) is 10.8 Å². The molecule has 0 saturated heterocycles. The summed E-state index contributed by atoms with van der Waals surface area (Å²) in [6, 6.07) is 54.1. The van der Waals surface area contributed by atoms with Crippen LogP contribution < -0.4 is 0 Å². The minimum Gasteiger partial charge on any atom is -0.309 e. The summed E-state index contributed by atoms with van der Waals surface area (Å²) in [4.78, 5) is 0. The molecule has 64 heavy (non-hydrogen) atoms. The average Bonchev–Trinajstić information content (AvgIpc) is 3.84. The number of allylic oxidation sites excluding steroid dienone is 14. The third-order valence-electron chi connectivity index (χ3n) is 15.2. The maximum atomic E-state index is 3.82. The molecule has 0 bridgehead atoms. The summed E-state index contributed by atoms with van der Waals surface area (Å²) in [5.74, 6) is 0.462. The molecule has 1 aromatic heterocycles. The second-order valence-corrected chi connectivity index (χ2v) is 18.2. The van der Waals surface area contributed by atoms with Gasteiger partial charge in [-0.1, -0.05) is 183 Å². The van der Waals surface area contributed by atoms with Crippen LogP contribution in [-0.4, -0.2) is 4.57 Å². The first kappa shape index (κ1) is 37.2. The zero-order valence-corrected chi connectivity index (χ0v) is 36.1. The van der Waals surface area contributed by atoms with Crippen LogP contribution >= 0.6 is 0 Å². The summed E-state index contributed by atoms with van der Waals surface area (Å²) in [6.45, 7) is 2.25. The maximum absolute atomic E-state index is 3.82. The van der Waals surface area contributed by atoms with E-state index in [4.69, 9.17) is 0 Å². The lowest BCUT2D eigenvalue weighted by molar-refractivity contribution is 0.432. The van der Waals surface area contributed by atoms with Gasteiger partial charge >= 0.3 is 0 Å². The molecule has 4 atom stereocenters. The molecule has 7 aromatic rings. The van der Waals surface area contributed by atoms with Crippen molar-refractivity contribution in [2.45, 2.75) is 49.4 Å². The maximum Gasteiger partial charge on any atom is 0.0804 e. The lowest BCUT2D eigenvalue weighted by atomic mass is 9.50. The van der Waals surface area contributed by atoms with Gasteiger partial charge in [0.15, 0.2) is 0 Å². The van der Waals surface area contributed by atoms with Crippen LogP contribution in [0.15, 0.2) is 200 Å². The molecule has 0 N–H and O–H groups in total. The average molecular weight is 818 g/mol. The van der Waals surface area contributed by atoms with E-state index in [1.165, 1.54) is 100 Å². The van der Waals surface area contributed by atoms with Gasteiger partial charge in [-0.2, -0.15) is 0 Å². The molecule has 3 unspecified atom stereocenters. The Labute approximate surface area is 376 Å². The third kappa shape index (κ3) is 4.92. The van der Waals surface area contributed by atoms with Crippen LogP contribution in [0, 0.1) is 18.1 Å². The van der Waals surface area contributed by atoms with E-state index in [1.807, 2.05) is 6.07 Å². The number of nitrogens with zero attached hydrogens (tertiary/aromatic N) is 1. The summed E-state index contributed by atoms with van der Waals surface area (Å²) in [5.41, 5.74) is 21.0. The molecule has 304 valence electrons. The number of benzene rings is 5. The van der Waals surface area contributed by atoms with Crippen molar-refractivity contribution in [3.8, 4) is 22.3 Å². The van der Waals surface area contributed by atoms with Crippen molar-refractivity contribution in [1.82, 2.24) is 4.57 Å². The van der Waals surface area contributed by atoms with Gasteiger partial charge in [-0.15, -0.1) is 0 Å². The fraction of sp³-hybridized carbons (Fsp3) is 0.143. The van der Waals surface area contributed by atoms with Gasteiger partial charge in [0.2, 0.25) is 0 Å². The van der Waals surface area contributed by atoms with Crippen LogP contribution in [0.5, 0.6) is 0 Å². The van der Waals surface area contributed by atoms with Crippen molar-refractivity contribution in [2.24, 2.45) is 5.92 Å². The summed E-state index contributed by atoms with van der Waals surface area (Å²) in [6.07, 6.45) is 36.6. The Morgan fingerprint density at radius 3 is 2.36 bits per heavy atom. The molecule has 0 saturated carbocycles. The van der Waals surface area contributed by atoms with Crippen LogP contribution in [0.1, 0.15) is 94.3 Å². The Morgan fingerprint density at radius 1 is 0.656 bits per heavy atom. The topological polar surface area (TPSA) is 4.93 Å². The SMILES string of the molecule is CCC1=C\C=C/CC/C=C/C(n2c3c(c4cc(-c5cccc6c5C5(c7c#cccc7-c7ccccc75)c5ccccc5C65c6ccccc6C6C=CC=C[C@@H]65)ccc42)C=CCC=C3)=C\1. The fourth-order valence-corrected chi connectivity index (χ4v) is 12.8. The molecule has 13 rings (SSSR count). The van der Waals surface area contributed by atoms with Gasteiger partial charge in [-0.3, -0.25) is 0 Å². The van der Waals surface area contributed by atoms with E-state index in [9.17, 15) is 0 Å². The van der Waals surface area contributed by atoms with Gasteiger partial charge in [0, 0.05) is 34.0 Å². The number of fused-ring (bicyclic) bond motifs is 19. The normalized spacial score (nSPS) is 23.9. The van der Waals surface area contributed by atoms with Gasteiger partial charge in [0.25, 0.3) is 0 Å². The molecule has 6 aliphatic carbocycles. The van der Waals surface area contributed by atoms with E-state index in [0.717, 1.165) is 25.7 Å². The van der Waals surface area contributed by atoms with E-state index in [2.05, 4.69) is 224 Å². The Morgan fingerprint density at radius 2 is 1.44 bits per heavy atom. The Bertz CT molecular complexity index is 3320. The highest BCUT2D eigenvalue weighted by atomic mass is 15.0. The molecule has 0 radical (unpaired) electrons. The molecule has 6 aliphatic rings. The zero-order valence-electron chi connectivity index (χ0n) is 36.1. The van der Waals surface area contributed by atoms with Crippen molar-refractivity contribution < 1.29 is 0 Å². The van der Waals surface area contributed by atoms with Gasteiger partial charge in [-0.25, -0.2) is 0 Å². The molecular weight excluding hydrogens is 771 g/mol. The second kappa shape index (κ2) is 14.3. The van der Waals surface area contributed by atoms with Crippen LogP contribution in [0.3, 0.4) is 0 Å². The van der Waals surface area contributed by atoms with Crippen LogP contribution in [0.2, 0.25) is 0 Å². The number of hydrogen-bond donors (Lipinski definition) is 0. The highest BCUT2D eigenvalue weighted by molar-refractivity contribution is 6.01. The highest BCUT2D eigenvalue weighted by Crippen LogP contribution is 2.69. The predicted octanol–water partition coefficient (Wildman–Crippen LogP) is 15.3. The van der Waals surface area contributed by atoms with E-state index in [0.29, 0.717) is 0 Å². The Kier molecular flexibility index (Phi) is 8.32. The molecule has 1 nitrogen and oxygen atoms in total. The second-order valence-electron chi connectivity index (χ2n) is 18.2. The lowest BCUT2D eigenvalue weighted by Gasteiger charge is -2.51. The molecular formula is C63H47N. The lowest BCUT2D eigenvalue weighted by Crippen LogP contribution is -2.46. The zero-order chi connectivity index (χ0) is 42.4. The Hall–Kier alpha value is -7.40. The fourth-order valence-electron chi connectivity index (χ4n) is 12.8. The van der Waals surface area contributed by atoms with Crippen molar-refractivity contribution in [1.29, 1.82) is 0 Å². The number of rotatable bonds is 3. The van der Waals surface area contributed by atoms with Gasteiger partial charge < -0.3 is 4.57 Å². The molecule has 1 heterocycles. The first-order valence-electron chi connectivity index (χ1n) is 23.2. The predicted molar refractivity (Wildman–Crippen MR) is 266 cm³/mol. The minimum atomic E-state index is -0.637. The van der Waals surface area contributed by atoms with Crippen molar-refractivity contribution in [3.05, 3.63) is 268 Å². The molecule has 0 aliphatic heterocycles. The van der Waals surface area contributed by atoms with Gasteiger partial charge in [-0.05, 0) is 135 Å². The van der Waals surface area contributed by atoms with E-state index < -0.39 is 10.8 Å².